The first-order chi connectivity index (χ1) is 16.7. The Morgan fingerprint density at radius 1 is 1.03 bits per heavy atom. The predicted molar refractivity (Wildman–Crippen MR) is 129 cm³/mol. The van der Waals surface area contributed by atoms with E-state index in [9.17, 15) is 4.79 Å². The average molecular weight is 455 g/mol. The van der Waals surface area contributed by atoms with Gasteiger partial charge in [0.1, 0.15) is 5.69 Å². The van der Waals surface area contributed by atoms with Crippen LogP contribution in [0.5, 0.6) is 0 Å². The smallest absolute Gasteiger partial charge is 0.297 e. The van der Waals surface area contributed by atoms with Crippen molar-refractivity contribution < 1.29 is 4.74 Å². The number of benzene rings is 2. The number of hydrogen-bond donors (Lipinski definition) is 0. The molecule has 8 nitrogen and oxygen atoms in total. The van der Waals surface area contributed by atoms with E-state index < -0.39 is 0 Å². The fourth-order valence-electron chi connectivity index (χ4n) is 4.94. The SMILES string of the molecule is CC[C@@H]1OCCC[C@@H]1n1nc2c3ccccc3n(Cc3ccc(-n4cccn4)cc3)nc-2c1=O. The number of fused-ring (bicyclic) bond motifs is 3. The lowest BCUT2D eigenvalue weighted by Gasteiger charge is -2.30. The highest BCUT2D eigenvalue weighted by Crippen LogP contribution is 2.30. The minimum atomic E-state index is -0.141. The van der Waals surface area contributed by atoms with E-state index in [0.29, 0.717) is 17.9 Å². The highest BCUT2D eigenvalue weighted by molar-refractivity contribution is 5.92. The van der Waals surface area contributed by atoms with Gasteiger partial charge in [-0.2, -0.15) is 15.3 Å². The summed E-state index contributed by atoms with van der Waals surface area (Å²) in [5, 5.41) is 14.8. The molecular weight excluding hydrogens is 428 g/mol. The van der Waals surface area contributed by atoms with Crippen LogP contribution in [0.1, 0.15) is 37.8 Å². The lowest BCUT2D eigenvalue weighted by atomic mass is 10.0. The number of hydrogen-bond acceptors (Lipinski definition) is 5. The standard InChI is InChI=1S/C26H26N6O2/c1-2-23-22(9-5-16-34-23)32-26(33)25-24(29-32)20-7-3-4-8-21(20)31(28-25)17-18-10-12-19(13-11-18)30-15-6-14-27-30/h3-4,6-8,10-15,22-23H,2,5,9,16-17H2,1H3/t22-,23-/m0/s1. The summed E-state index contributed by atoms with van der Waals surface area (Å²) in [4.78, 5) is 13.5. The van der Waals surface area contributed by atoms with Crippen molar-refractivity contribution in [2.75, 3.05) is 6.61 Å². The fraction of sp³-hybridized carbons (Fsp3) is 0.308. The van der Waals surface area contributed by atoms with Gasteiger partial charge in [0.2, 0.25) is 0 Å². The van der Waals surface area contributed by atoms with Gasteiger partial charge >= 0.3 is 0 Å². The maximum absolute atomic E-state index is 13.5. The molecule has 3 aromatic rings. The monoisotopic (exact) mass is 454 g/mol. The summed E-state index contributed by atoms with van der Waals surface area (Å²) in [6, 6.07) is 18.1. The molecule has 1 saturated heterocycles. The molecule has 0 N–H and O–H groups in total. The molecule has 8 heteroatoms. The Kier molecular flexibility index (Phi) is 5.22. The quantitative estimate of drug-likeness (QED) is 0.400. The van der Waals surface area contributed by atoms with E-state index in [4.69, 9.17) is 14.9 Å². The molecular formula is C26H26N6O2. The minimum absolute atomic E-state index is 0.00227. The van der Waals surface area contributed by atoms with Crippen LogP contribution in [0.2, 0.25) is 0 Å². The summed E-state index contributed by atoms with van der Waals surface area (Å²) in [5.74, 6) is 0. The Labute approximate surface area is 196 Å². The molecule has 3 aliphatic rings. The van der Waals surface area contributed by atoms with Gasteiger partial charge in [0.15, 0.2) is 5.69 Å². The van der Waals surface area contributed by atoms with Crippen molar-refractivity contribution in [1.82, 2.24) is 29.3 Å². The molecule has 4 heterocycles. The minimum Gasteiger partial charge on any atom is -0.376 e. The van der Waals surface area contributed by atoms with E-state index in [1.165, 1.54) is 0 Å². The summed E-state index contributed by atoms with van der Waals surface area (Å²) in [7, 11) is 0. The molecule has 0 bridgehead atoms. The summed E-state index contributed by atoms with van der Waals surface area (Å²) in [6.07, 6.45) is 6.35. The van der Waals surface area contributed by atoms with Gasteiger partial charge in [-0.05, 0) is 49.1 Å². The van der Waals surface area contributed by atoms with E-state index in [0.717, 1.165) is 48.0 Å². The second-order valence-corrected chi connectivity index (χ2v) is 8.77. The summed E-state index contributed by atoms with van der Waals surface area (Å²) in [6.45, 7) is 3.38. The van der Waals surface area contributed by atoms with Gasteiger partial charge < -0.3 is 4.74 Å². The lowest BCUT2D eigenvalue weighted by Crippen LogP contribution is -2.36. The maximum Gasteiger partial charge on any atom is 0.297 e. The third-order valence-electron chi connectivity index (χ3n) is 6.66. The van der Waals surface area contributed by atoms with Gasteiger partial charge in [-0.25, -0.2) is 9.36 Å². The molecule has 0 radical (unpaired) electrons. The lowest BCUT2D eigenvalue weighted by molar-refractivity contribution is -0.0268. The van der Waals surface area contributed by atoms with E-state index in [1.54, 1.807) is 10.9 Å². The highest BCUT2D eigenvalue weighted by Gasteiger charge is 2.32. The molecule has 2 atom stereocenters. The van der Waals surface area contributed by atoms with Crippen molar-refractivity contribution in [2.45, 2.75) is 44.9 Å². The van der Waals surface area contributed by atoms with Crippen molar-refractivity contribution >= 4 is 10.9 Å². The molecule has 1 fully saturated rings. The highest BCUT2D eigenvalue weighted by atomic mass is 16.5. The van der Waals surface area contributed by atoms with Crippen LogP contribution in [0.15, 0.2) is 71.8 Å². The maximum atomic E-state index is 13.5. The second kappa shape index (κ2) is 8.53. The molecule has 0 aliphatic carbocycles. The molecule has 0 unspecified atom stereocenters. The first-order valence-corrected chi connectivity index (χ1v) is 11.8. The Balaban J connectivity index is 1.43. The Morgan fingerprint density at radius 2 is 1.88 bits per heavy atom. The molecule has 34 heavy (non-hydrogen) atoms. The molecule has 0 amide bonds. The predicted octanol–water partition coefficient (Wildman–Crippen LogP) is 4.06. The first-order valence-electron chi connectivity index (χ1n) is 11.8. The molecule has 3 aliphatic heterocycles. The number of ether oxygens (including phenoxy) is 1. The van der Waals surface area contributed by atoms with Crippen molar-refractivity contribution in [1.29, 1.82) is 0 Å². The van der Waals surface area contributed by atoms with Crippen LogP contribution in [-0.4, -0.2) is 42.1 Å². The van der Waals surface area contributed by atoms with Gasteiger partial charge in [-0.15, -0.1) is 0 Å². The Morgan fingerprint density at radius 3 is 2.68 bits per heavy atom. The van der Waals surface area contributed by atoms with Crippen molar-refractivity contribution in [3.63, 3.8) is 0 Å². The zero-order valence-electron chi connectivity index (χ0n) is 19.0. The van der Waals surface area contributed by atoms with E-state index in [2.05, 4.69) is 24.2 Å². The molecule has 2 aromatic carbocycles. The van der Waals surface area contributed by atoms with Crippen LogP contribution in [0.25, 0.3) is 28.0 Å². The molecule has 0 spiro atoms. The van der Waals surface area contributed by atoms with Crippen LogP contribution in [0.3, 0.4) is 0 Å². The van der Waals surface area contributed by atoms with E-state index >= 15 is 0 Å². The van der Waals surface area contributed by atoms with Gasteiger partial charge in [-0.1, -0.05) is 37.3 Å². The molecule has 172 valence electrons. The number of para-hydroxylation sites is 1. The van der Waals surface area contributed by atoms with Gasteiger partial charge in [-0.3, -0.25) is 9.48 Å². The van der Waals surface area contributed by atoms with Crippen LogP contribution in [0.4, 0.5) is 0 Å². The fourth-order valence-corrected chi connectivity index (χ4v) is 4.94. The third kappa shape index (κ3) is 3.51. The average Bonchev–Trinajstić information content (AvgIpc) is 3.54. The first kappa shape index (κ1) is 20.8. The largest absolute Gasteiger partial charge is 0.376 e. The van der Waals surface area contributed by atoms with Crippen molar-refractivity contribution in [3.8, 4) is 17.1 Å². The number of nitrogens with zero attached hydrogens (tertiary/aromatic N) is 6. The zero-order chi connectivity index (χ0) is 23.1. The van der Waals surface area contributed by atoms with Crippen LogP contribution >= 0.6 is 0 Å². The van der Waals surface area contributed by atoms with Crippen LogP contribution in [-0.2, 0) is 11.3 Å². The zero-order valence-corrected chi connectivity index (χ0v) is 19.0. The van der Waals surface area contributed by atoms with Gasteiger partial charge in [0.05, 0.1) is 29.9 Å². The van der Waals surface area contributed by atoms with Crippen LogP contribution < -0.4 is 5.56 Å². The third-order valence-corrected chi connectivity index (χ3v) is 6.66. The topological polar surface area (TPSA) is 79.8 Å². The Bertz CT molecular complexity index is 1450. The van der Waals surface area contributed by atoms with Crippen LogP contribution in [0, 0.1) is 0 Å². The second-order valence-electron chi connectivity index (χ2n) is 8.77. The summed E-state index contributed by atoms with van der Waals surface area (Å²) in [5.41, 5.74) is 3.96. The summed E-state index contributed by atoms with van der Waals surface area (Å²) >= 11 is 0. The van der Waals surface area contributed by atoms with Crippen molar-refractivity contribution in [3.05, 3.63) is 82.9 Å². The van der Waals surface area contributed by atoms with E-state index in [-0.39, 0.29) is 17.7 Å². The van der Waals surface area contributed by atoms with Gasteiger partial charge in [0.25, 0.3) is 5.56 Å². The molecule has 1 aromatic heterocycles. The number of aromatic nitrogens is 6. The van der Waals surface area contributed by atoms with E-state index in [1.807, 2.05) is 58.0 Å². The molecule has 0 saturated carbocycles. The Hall–Kier alpha value is -3.78. The molecule has 6 rings (SSSR count). The normalized spacial score (nSPS) is 18.6. The summed E-state index contributed by atoms with van der Waals surface area (Å²) < 4.78 is 11.3. The number of rotatable bonds is 5. The van der Waals surface area contributed by atoms with Gasteiger partial charge in [0, 0.05) is 24.4 Å². The van der Waals surface area contributed by atoms with Crippen molar-refractivity contribution in [2.24, 2.45) is 0 Å².